The summed E-state index contributed by atoms with van der Waals surface area (Å²) in [5, 5.41) is 10.4. The van der Waals surface area contributed by atoms with Gasteiger partial charge in [0.2, 0.25) is 0 Å². The molecule has 0 spiro atoms. The van der Waals surface area contributed by atoms with Gasteiger partial charge in [0.15, 0.2) is 0 Å². The van der Waals surface area contributed by atoms with Crippen molar-refractivity contribution >= 4 is 0 Å². The van der Waals surface area contributed by atoms with Gasteiger partial charge in [0.25, 0.3) is 0 Å². The second-order valence-electron chi connectivity index (χ2n) is 6.19. The second-order valence-corrected chi connectivity index (χ2v) is 6.19. The van der Waals surface area contributed by atoms with Crippen molar-refractivity contribution in [2.45, 2.75) is 45.1 Å². The summed E-state index contributed by atoms with van der Waals surface area (Å²) in [6.45, 7) is 2.66. The van der Waals surface area contributed by atoms with E-state index in [2.05, 4.69) is 0 Å². The highest BCUT2D eigenvalue weighted by Crippen LogP contribution is 2.50. The van der Waals surface area contributed by atoms with Gasteiger partial charge in [-0.2, -0.15) is 0 Å². The maximum Gasteiger partial charge on any atom is 0.119 e. The van der Waals surface area contributed by atoms with Gasteiger partial charge >= 0.3 is 0 Å². The van der Waals surface area contributed by atoms with Crippen molar-refractivity contribution in [1.82, 2.24) is 0 Å². The lowest BCUT2D eigenvalue weighted by Crippen LogP contribution is -2.14. The topological polar surface area (TPSA) is 29.5 Å². The quantitative estimate of drug-likeness (QED) is 0.868. The minimum atomic E-state index is -0.329. The van der Waals surface area contributed by atoms with Gasteiger partial charge in [0, 0.05) is 0 Å². The van der Waals surface area contributed by atoms with Crippen LogP contribution in [0.5, 0.6) is 5.75 Å². The van der Waals surface area contributed by atoms with Crippen LogP contribution in [0.2, 0.25) is 0 Å². The monoisotopic (exact) mass is 260 g/mol. The third-order valence-corrected chi connectivity index (χ3v) is 4.96. The van der Waals surface area contributed by atoms with Gasteiger partial charge in [-0.25, -0.2) is 0 Å². The molecule has 1 aromatic carbocycles. The maximum atomic E-state index is 10.4. The molecule has 2 aliphatic carbocycles. The number of rotatable bonds is 5. The van der Waals surface area contributed by atoms with Gasteiger partial charge in [-0.05, 0) is 68.1 Å². The summed E-state index contributed by atoms with van der Waals surface area (Å²) in [5.74, 6) is 3.45. The molecule has 2 fully saturated rings. The third kappa shape index (κ3) is 2.79. The molecule has 0 aliphatic heterocycles. The first-order chi connectivity index (χ1) is 9.26. The Morgan fingerprint density at radius 2 is 2.21 bits per heavy atom. The fourth-order valence-electron chi connectivity index (χ4n) is 4.07. The highest BCUT2D eigenvalue weighted by molar-refractivity contribution is 5.30. The maximum absolute atomic E-state index is 10.4. The van der Waals surface area contributed by atoms with E-state index in [4.69, 9.17) is 4.74 Å². The normalized spacial score (nSPS) is 30.5. The second kappa shape index (κ2) is 5.54. The van der Waals surface area contributed by atoms with E-state index in [1.807, 2.05) is 31.2 Å². The van der Waals surface area contributed by atoms with Gasteiger partial charge in [-0.1, -0.05) is 18.6 Å². The molecule has 0 radical (unpaired) electrons. The van der Waals surface area contributed by atoms with Gasteiger partial charge < -0.3 is 9.84 Å². The molecule has 2 heteroatoms. The number of aliphatic hydroxyl groups is 1. The predicted octanol–water partition coefficient (Wildman–Crippen LogP) is 3.95. The average Bonchev–Trinajstić information content (AvgIpc) is 3.02. The van der Waals surface area contributed by atoms with Crippen LogP contribution in [0.3, 0.4) is 0 Å². The summed E-state index contributed by atoms with van der Waals surface area (Å²) in [4.78, 5) is 0. The summed E-state index contributed by atoms with van der Waals surface area (Å²) in [6.07, 6.45) is 6.17. The molecule has 0 heterocycles. The molecular formula is C17H24O2. The smallest absolute Gasteiger partial charge is 0.119 e. The van der Waals surface area contributed by atoms with Crippen LogP contribution in [0.25, 0.3) is 0 Å². The highest BCUT2D eigenvalue weighted by atomic mass is 16.5. The zero-order valence-corrected chi connectivity index (χ0v) is 11.7. The molecular weight excluding hydrogens is 236 g/mol. The molecule has 0 aromatic heterocycles. The number of fused-ring (bicyclic) bond motifs is 2. The van der Waals surface area contributed by atoms with Crippen LogP contribution in [0.15, 0.2) is 24.3 Å². The van der Waals surface area contributed by atoms with Crippen molar-refractivity contribution < 1.29 is 9.84 Å². The molecule has 104 valence electrons. The lowest BCUT2D eigenvalue weighted by atomic mass is 9.83. The number of benzene rings is 1. The lowest BCUT2D eigenvalue weighted by Gasteiger charge is -2.24. The largest absolute Gasteiger partial charge is 0.494 e. The fraction of sp³-hybridized carbons (Fsp3) is 0.647. The van der Waals surface area contributed by atoms with Crippen LogP contribution in [-0.2, 0) is 0 Å². The minimum absolute atomic E-state index is 0.329. The van der Waals surface area contributed by atoms with Crippen molar-refractivity contribution in [3.63, 3.8) is 0 Å². The Morgan fingerprint density at radius 1 is 1.32 bits per heavy atom. The molecule has 19 heavy (non-hydrogen) atoms. The standard InChI is InChI=1S/C17H24O2/c1-2-19-16-5-3-4-14(10-16)17(18)11-15-9-12-6-7-13(15)8-12/h3-5,10,12-13,15,17-18H,2,6-9,11H2,1H3. The summed E-state index contributed by atoms with van der Waals surface area (Å²) < 4.78 is 5.50. The molecule has 2 bridgehead atoms. The number of hydrogen-bond acceptors (Lipinski definition) is 2. The van der Waals surface area contributed by atoms with E-state index in [1.54, 1.807) is 0 Å². The minimum Gasteiger partial charge on any atom is -0.494 e. The fourth-order valence-corrected chi connectivity index (χ4v) is 4.07. The molecule has 2 aliphatic rings. The Labute approximate surface area is 115 Å². The van der Waals surface area contributed by atoms with E-state index in [0.29, 0.717) is 6.61 Å². The van der Waals surface area contributed by atoms with E-state index < -0.39 is 0 Å². The molecule has 0 saturated heterocycles. The third-order valence-electron chi connectivity index (χ3n) is 4.96. The zero-order chi connectivity index (χ0) is 13.2. The summed E-state index contributed by atoms with van der Waals surface area (Å²) in [5.41, 5.74) is 1.01. The summed E-state index contributed by atoms with van der Waals surface area (Å²) in [7, 11) is 0. The predicted molar refractivity (Wildman–Crippen MR) is 76.1 cm³/mol. The van der Waals surface area contributed by atoms with Crippen molar-refractivity contribution in [2.24, 2.45) is 17.8 Å². The Balaban J connectivity index is 1.63. The van der Waals surface area contributed by atoms with Crippen LogP contribution < -0.4 is 4.74 Å². The molecule has 4 atom stereocenters. The Kier molecular flexibility index (Phi) is 3.79. The van der Waals surface area contributed by atoms with Gasteiger partial charge in [0.1, 0.15) is 5.75 Å². The summed E-state index contributed by atoms with van der Waals surface area (Å²) >= 11 is 0. The van der Waals surface area contributed by atoms with Crippen molar-refractivity contribution in [3.05, 3.63) is 29.8 Å². The first-order valence-corrected chi connectivity index (χ1v) is 7.67. The highest BCUT2D eigenvalue weighted by Gasteiger charge is 2.40. The number of aliphatic hydroxyl groups excluding tert-OH is 1. The van der Waals surface area contributed by atoms with Crippen molar-refractivity contribution in [2.75, 3.05) is 6.61 Å². The van der Waals surface area contributed by atoms with E-state index >= 15 is 0 Å². The van der Waals surface area contributed by atoms with Gasteiger partial charge in [-0.3, -0.25) is 0 Å². The summed E-state index contributed by atoms with van der Waals surface area (Å²) in [6, 6.07) is 7.93. The van der Waals surface area contributed by atoms with Crippen LogP contribution in [0.4, 0.5) is 0 Å². The molecule has 4 unspecified atom stereocenters. The molecule has 2 nitrogen and oxygen atoms in total. The van der Waals surface area contributed by atoms with Crippen LogP contribution in [0, 0.1) is 17.8 Å². The SMILES string of the molecule is CCOc1cccc(C(O)CC2CC3CCC2C3)c1. The lowest BCUT2D eigenvalue weighted by molar-refractivity contribution is 0.125. The Bertz CT molecular complexity index is 429. The van der Waals surface area contributed by atoms with E-state index in [9.17, 15) is 5.11 Å². The van der Waals surface area contributed by atoms with Gasteiger partial charge in [0.05, 0.1) is 12.7 Å². The van der Waals surface area contributed by atoms with E-state index in [1.165, 1.54) is 25.7 Å². The molecule has 3 rings (SSSR count). The molecule has 1 N–H and O–H groups in total. The van der Waals surface area contributed by atoms with Crippen molar-refractivity contribution in [3.8, 4) is 5.75 Å². The molecule has 2 saturated carbocycles. The Hall–Kier alpha value is -1.02. The van der Waals surface area contributed by atoms with Crippen LogP contribution in [-0.4, -0.2) is 11.7 Å². The molecule has 0 amide bonds. The van der Waals surface area contributed by atoms with E-state index in [0.717, 1.165) is 35.5 Å². The van der Waals surface area contributed by atoms with Crippen molar-refractivity contribution in [1.29, 1.82) is 0 Å². The van der Waals surface area contributed by atoms with Crippen LogP contribution >= 0.6 is 0 Å². The number of hydrogen-bond donors (Lipinski definition) is 1. The number of ether oxygens (including phenoxy) is 1. The zero-order valence-electron chi connectivity index (χ0n) is 11.7. The average molecular weight is 260 g/mol. The first kappa shape index (κ1) is 13.0. The Morgan fingerprint density at radius 3 is 2.89 bits per heavy atom. The first-order valence-electron chi connectivity index (χ1n) is 7.67. The van der Waals surface area contributed by atoms with Crippen LogP contribution in [0.1, 0.15) is 50.7 Å². The van der Waals surface area contributed by atoms with Gasteiger partial charge in [-0.15, -0.1) is 0 Å². The molecule has 1 aromatic rings. The van der Waals surface area contributed by atoms with E-state index in [-0.39, 0.29) is 6.10 Å².